The van der Waals surface area contributed by atoms with Crippen LogP contribution in [0.15, 0.2) is 48.6 Å². The zero-order valence-corrected chi connectivity index (χ0v) is 15.8. The quantitative estimate of drug-likeness (QED) is 0.716. The molecule has 0 aromatic heterocycles. The van der Waals surface area contributed by atoms with Crippen molar-refractivity contribution >= 4 is 11.9 Å². The number of hydrogen-bond acceptors (Lipinski definition) is 2. The van der Waals surface area contributed by atoms with Gasteiger partial charge in [0.05, 0.1) is 11.6 Å². The average Bonchev–Trinajstić information content (AvgIpc) is 3.04. The number of carbonyl (C=O) groups is 2. The first kappa shape index (κ1) is 19.4. The second-order valence-electron chi connectivity index (χ2n) is 7.61. The molecule has 1 saturated carbocycles. The van der Waals surface area contributed by atoms with E-state index in [0.717, 1.165) is 24.3 Å². The highest BCUT2D eigenvalue weighted by Crippen LogP contribution is 2.25. The van der Waals surface area contributed by atoms with Gasteiger partial charge in [0, 0.05) is 13.0 Å². The van der Waals surface area contributed by atoms with Crippen LogP contribution in [0.1, 0.15) is 60.9 Å². The van der Waals surface area contributed by atoms with Gasteiger partial charge in [-0.1, -0.05) is 55.7 Å². The summed E-state index contributed by atoms with van der Waals surface area (Å²) in [4.78, 5) is 25.1. The van der Waals surface area contributed by atoms with E-state index in [2.05, 4.69) is 24.3 Å². The number of benzene rings is 1. The molecule has 2 aliphatic rings. The number of aromatic carboxylic acids is 1. The zero-order chi connectivity index (χ0) is 19.1. The molecule has 4 nitrogen and oxygen atoms in total. The molecule has 1 saturated heterocycles. The van der Waals surface area contributed by atoms with Crippen LogP contribution in [0.4, 0.5) is 0 Å². The fourth-order valence-electron chi connectivity index (χ4n) is 4.05. The maximum absolute atomic E-state index is 12.2. The van der Waals surface area contributed by atoms with Crippen LogP contribution in [-0.2, 0) is 11.2 Å². The number of carboxylic acid groups (broad SMARTS) is 1. The first-order chi connectivity index (χ1) is 13.1. The molecule has 27 heavy (non-hydrogen) atoms. The molecule has 1 aliphatic heterocycles. The van der Waals surface area contributed by atoms with E-state index in [0.29, 0.717) is 18.5 Å². The third-order valence-electron chi connectivity index (χ3n) is 5.69. The van der Waals surface area contributed by atoms with E-state index in [9.17, 15) is 9.59 Å². The van der Waals surface area contributed by atoms with Gasteiger partial charge in [-0.3, -0.25) is 4.79 Å². The van der Waals surface area contributed by atoms with Crippen molar-refractivity contribution in [2.75, 3.05) is 6.54 Å². The van der Waals surface area contributed by atoms with E-state index in [1.807, 2.05) is 17.0 Å². The van der Waals surface area contributed by atoms with Gasteiger partial charge in [0.1, 0.15) is 0 Å². The Bertz CT molecular complexity index is 699. The van der Waals surface area contributed by atoms with Crippen molar-refractivity contribution in [2.45, 2.75) is 57.4 Å². The number of carboxylic acids is 1. The minimum absolute atomic E-state index is 0.173. The Labute approximate surface area is 161 Å². The Morgan fingerprint density at radius 3 is 2.44 bits per heavy atom. The maximum Gasteiger partial charge on any atom is 0.335 e. The first-order valence-electron chi connectivity index (χ1n) is 10.1. The normalized spacial score (nSPS) is 21.6. The van der Waals surface area contributed by atoms with Gasteiger partial charge in [-0.2, -0.15) is 0 Å². The lowest BCUT2D eigenvalue weighted by atomic mass is 9.89. The number of hydrogen-bond donors (Lipinski definition) is 1. The summed E-state index contributed by atoms with van der Waals surface area (Å²) in [5.41, 5.74) is 1.35. The summed E-state index contributed by atoms with van der Waals surface area (Å²) in [7, 11) is 0. The second kappa shape index (κ2) is 9.54. The lowest BCUT2D eigenvalue weighted by Gasteiger charge is -2.22. The van der Waals surface area contributed by atoms with Gasteiger partial charge in [0.15, 0.2) is 0 Å². The molecule has 0 unspecified atom stereocenters. The number of allylic oxidation sites excluding steroid dienone is 3. The van der Waals surface area contributed by atoms with Gasteiger partial charge >= 0.3 is 5.97 Å². The molecule has 0 spiro atoms. The summed E-state index contributed by atoms with van der Waals surface area (Å²) < 4.78 is 0. The maximum atomic E-state index is 12.2. The minimum atomic E-state index is -0.914. The molecule has 1 amide bonds. The van der Waals surface area contributed by atoms with Gasteiger partial charge in [0.2, 0.25) is 5.91 Å². The van der Waals surface area contributed by atoms with Crippen molar-refractivity contribution in [3.8, 4) is 0 Å². The third-order valence-corrected chi connectivity index (χ3v) is 5.69. The van der Waals surface area contributed by atoms with Crippen LogP contribution >= 0.6 is 0 Å². The molecule has 144 valence electrons. The van der Waals surface area contributed by atoms with Crippen molar-refractivity contribution in [2.24, 2.45) is 5.92 Å². The lowest BCUT2D eigenvalue weighted by molar-refractivity contribution is -0.128. The number of nitrogens with zero attached hydrogens (tertiary/aromatic N) is 1. The Hall–Kier alpha value is -2.36. The van der Waals surface area contributed by atoms with Crippen molar-refractivity contribution < 1.29 is 14.7 Å². The largest absolute Gasteiger partial charge is 0.478 e. The van der Waals surface area contributed by atoms with Crippen molar-refractivity contribution in [3.63, 3.8) is 0 Å². The van der Waals surface area contributed by atoms with E-state index >= 15 is 0 Å². The molecule has 1 aromatic rings. The van der Waals surface area contributed by atoms with Crippen LogP contribution in [0.25, 0.3) is 0 Å². The van der Waals surface area contributed by atoms with Crippen molar-refractivity contribution in [1.29, 1.82) is 0 Å². The van der Waals surface area contributed by atoms with Crippen LogP contribution in [0.5, 0.6) is 0 Å². The smallest absolute Gasteiger partial charge is 0.335 e. The van der Waals surface area contributed by atoms with Gasteiger partial charge in [-0.05, 0) is 49.3 Å². The molecule has 1 aromatic carbocycles. The lowest BCUT2D eigenvalue weighted by Crippen LogP contribution is -2.33. The van der Waals surface area contributed by atoms with E-state index in [1.54, 1.807) is 12.1 Å². The van der Waals surface area contributed by atoms with Crippen LogP contribution in [0, 0.1) is 5.92 Å². The Morgan fingerprint density at radius 2 is 1.74 bits per heavy atom. The fourth-order valence-corrected chi connectivity index (χ4v) is 4.05. The Morgan fingerprint density at radius 1 is 1.04 bits per heavy atom. The van der Waals surface area contributed by atoms with E-state index < -0.39 is 5.97 Å². The molecule has 2 fully saturated rings. The number of carbonyl (C=O) groups excluding carboxylic acids is 1. The molecule has 4 heteroatoms. The highest BCUT2D eigenvalue weighted by Gasteiger charge is 2.28. The summed E-state index contributed by atoms with van der Waals surface area (Å²) >= 11 is 0. The predicted molar refractivity (Wildman–Crippen MR) is 107 cm³/mol. The molecular formula is C23H29NO3. The molecule has 1 heterocycles. The standard InChI is InChI=1S/C23H29NO3/c25-22-15-14-21(9-5-4-8-18-6-2-1-3-7-18)24(22)17-16-19-10-12-20(13-11-19)23(26)27/h4-5,8-13,18,21H,1-3,6-7,14-17H2,(H,26,27)/t21-/m0/s1. The molecular weight excluding hydrogens is 338 g/mol. The molecule has 0 bridgehead atoms. The molecule has 0 radical (unpaired) electrons. The number of likely N-dealkylation sites (tertiary alicyclic amines) is 1. The summed E-state index contributed by atoms with van der Waals surface area (Å²) in [6.07, 6.45) is 17.6. The van der Waals surface area contributed by atoms with Gasteiger partial charge in [0.25, 0.3) is 0 Å². The second-order valence-corrected chi connectivity index (χ2v) is 7.61. The SMILES string of the molecule is O=C(O)c1ccc(CCN2C(=O)CC[C@@H]2C=CC=CC2CCCCC2)cc1. The zero-order valence-electron chi connectivity index (χ0n) is 15.8. The van der Waals surface area contributed by atoms with Crippen LogP contribution in [0.2, 0.25) is 0 Å². The van der Waals surface area contributed by atoms with E-state index in [1.165, 1.54) is 32.1 Å². The van der Waals surface area contributed by atoms with Crippen LogP contribution < -0.4 is 0 Å². The van der Waals surface area contributed by atoms with Crippen molar-refractivity contribution in [3.05, 3.63) is 59.7 Å². The van der Waals surface area contributed by atoms with Crippen LogP contribution in [0.3, 0.4) is 0 Å². The highest BCUT2D eigenvalue weighted by molar-refractivity contribution is 5.87. The van der Waals surface area contributed by atoms with E-state index in [4.69, 9.17) is 5.11 Å². The molecule has 3 rings (SSSR count). The topological polar surface area (TPSA) is 57.6 Å². The Balaban J connectivity index is 1.51. The van der Waals surface area contributed by atoms with Gasteiger partial charge in [-0.25, -0.2) is 4.79 Å². The van der Waals surface area contributed by atoms with E-state index in [-0.39, 0.29) is 11.9 Å². The molecule has 1 N–H and O–H groups in total. The average molecular weight is 367 g/mol. The van der Waals surface area contributed by atoms with Crippen LogP contribution in [-0.4, -0.2) is 34.5 Å². The molecule has 1 atom stereocenters. The number of amides is 1. The summed E-state index contributed by atoms with van der Waals surface area (Å²) in [5.74, 6) is 0.0179. The number of rotatable bonds is 7. The summed E-state index contributed by atoms with van der Waals surface area (Å²) in [6.45, 7) is 0.673. The first-order valence-corrected chi connectivity index (χ1v) is 10.1. The van der Waals surface area contributed by atoms with Gasteiger partial charge < -0.3 is 10.0 Å². The summed E-state index contributed by atoms with van der Waals surface area (Å²) in [5, 5.41) is 8.97. The van der Waals surface area contributed by atoms with Crippen molar-refractivity contribution in [1.82, 2.24) is 4.90 Å². The third kappa shape index (κ3) is 5.56. The molecule has 1 aliphatic carbocycles. The highest BCUT2D eigenvalue weighted by atomic mass is 16.4. The fraction of sp³-hybridized carbons (Fsp3) is 0.478. The minimum Gasteiger partial charge on any atom is -0.478 e. The van der Waals surface area contributed by atoms with Gasteiger partial charge in [-0.15, -0.1) is 0 Å². The Kier molecular flexibility index (Phi) is 6.86. The summed E-state index contributed by atoms with van der Waals surface area (Å²) in [6, 6.07) is 7.09. The predicted octanol–water partition coefficient (Wildman–Crippen LogP) is 4.61. The monoisotopic (exact) mass is 367 g/mol.